The summed E-state index contributed by atoms with van der Waals surface area (Å²) in [5.41, 5.74) is 1.33. The smallest absolute Gasteiger partial charge is 0.233 e. The first-order chi connectivity index (χ1) is 13.8. The molecule has 1 aliphatic carbocycles. The normalized spacial score (nSPS) is 19.2. The zero-order valence-electron chi connectivity index (χ0n) is 15.7. The highest BCUT2D eigenvalue weighted by Gasteiger charge is 2.30. The third-order valence-electron chi connectivity index (χ3n) is 4.96. The highest BCUT2D eigenvalue weighted by Crippen LogP contribution is 2.35. The van der Waals surface area contributed by atoms with Crippen LogP contribution in [0.2, 0.25) is 5.02 Å². The van der Waals surface area contributed by atoms with Gasteiger partial charge in [-0.15, -0.1) is 0 Å². The Morgan fingerprint density at radius 2 is 2.21 bits per heavy atom. The fourth-order valence-corrected chi connectivity index (χ4v) is 4.88. The SMILES string of the molecule is CS(=O)(=O)c1ccc(C(CC2CC/C(=N/O)C2)C(=O)Nc2cnccn2)cc1Cl. The summed E-state index contributed by atoms with van der Waals surface area (Å²) in [7, 11) is -3.47. The Kier molecular flexibility index (Phi) is 6.49. The van der Waals surface area contributed by atoms with Crippen molar-refractivity contribution in [2.45, 2.75) is 36.5 Å². The topological polar surface area (TPSA) is 122 Å². The summed E-state index contributed by atoms with van der Waals surface area (Å²) >= 11 is 6.20. The van der Waals surface area contributed by atoms with Crippen LogP contribution in [0.3, 0.4) is 0 Å². The maximum atomic E-state index is 13.0. The number of hydrogen-bond acceptors (Lipinski definition) is 7. The number of rotatable bonds is 6. The number of carbonyl (C=O) groups is 1. The lowest BCUT2D eigenvalue weighted by Gasteiger charge is -2.21. The Balaban J connectivity index is 1.89. The van der Waals surface area contributed by atoms with E-state index < -0.39 is 15.8 Å². The van der Waals surface area contributed by atoms with Crippen molar-refractivity contribution in [1.82, 2.24) is 9.97 Å². The Morgan fingerprint density at radius 3 is 2.79 bits per heavy atom. The van der Waals surface area contributed by atoms with Gasteiger partial charge in [-0.25, -0.2) is 13.4 Å². The molecular formula is C19H21ClN4O4S. The predicted octanol–water partition coefficient (Wildman–Crippen LogP) is 3.28. The molecule has 1 aromatic carbocycles. The predicted molar refractivity (Wildman–Crippen MR) is 109 cm³/mol. The molecule has 2 N–H and O–H groups in total. The van der Waals surface area contributed by atoms with Crippen molar-refractivity contribution in [1.29, 1.82) is 0 Å². The number of aromatic nitrogens is 2. The molecule has 0 saturated heterocycles. The molecule has 10 heteroatoms. The van der Waals surface area contributed by atoms with Gasteiger partial charge in [-0.2, -0.15) is 0 Å². The third kappa shape index (κ3) is 5.30. The number of anilines is 1. The summed E-state index contributed by atoms with van der Waals surface area (Å²) in [6.07, 6.45) is 8.12. The summed E-state index contributed by atoms with van der Waals surface area (Å²) in [6.45, 7) is 0. The molecule has 0 spiro atoms. The van der Waals surface area contributed by atoms with Crippen molar-refractivity contribution >= 4 is 38.9 Å². The molecule has 29 heavy (non-hydrogen) atoms. The van der Waals surface area contributed by atoms with E-state index in [1.165, 1.54) is 30.7 Å². The minimum atomic E-state index is -3.47. The summed E-state index contributed by atoms with van der Waals surface area (Å²) in [4.78, 5) is 21.0. The molecular weight excluding hydrogens is 416 g/mol. The second-order valence-corrected chi connectivity index (χ2v) is 9.50. The molecule has 1 aromatic heterocycles. The molecule has 0 radical (unpaired) electrons. The van der Waals surface area contributed by atoms with E-state index in [-0.39, 0.29) is 21.7 Å². The van der Waals surface area contributed by atoms with Gasteiger partial charge in [-0.1, -0.05) is 22.8 Å². The van der Waals surface area contributed by atoms with Gasteiger partial charge in [0, 0.05) is 18.6 Å². The van der Waals surface area contributed by atoms with Crippen LogP contribution in [0.5, 0.6) is 0 Å². The van der Waals surface area contributed by atoms with Crippen molar-refractivity contribution in [2.24, 2.45) is 11.1 Å². The summed E-state index contributed by atoms with van der Waals surface area (Å²) in [6, 6.07) is 4.55. The quantitative estimate of drug-likeness (QED) is 0.529. The number of oxime groups is 1. The lowest BCUT2D eigenvalue weighted by molar-refractivity contribution is -0.118. The minimum Gasteiger partial charge on any atom is -0.411 e. The maximum Gasteiger partial charge on any atom is 0.233 e. The first-order valence-corrected chi connectivity index (χ1v) is 11.3. The van der Waals surface area contributed by atoms with Crippen LogP contribution in [-0.4, -0.2) is 41.5 Å². The number of halogens is 1. The highest BCUT2D eigenvalue weighted by atomic mass is 35.5. The van der Waals surface area contributed by atoms with Crippen LogP contribution in [0.15, 0.2) is 46.8 Å². The molecule has 1 aliphatic rings. The molecule has 0 aliphatic heterocycles. The molecule has 1 heterocycles. The van der Waals surface area contributed by atoms with E-state index in [1.807, 2.05) is 0 Å². The third-order valence-corrected chi connectivity index (χ3v) is 6.54. The van der Waals surface area contributed by atoms with Crippen molar-refractivity contribution in [3.8, 4) is 0 Å². The van der Waals surface area contributed by atoms with Crippen molar-refractivity contribution in [2.75, 3.05) is 11.6 Å². The van der Waals surface area contributed by atoms with Gasteiger partial charge in [-0.05, 0) is 49.3 Å². The van der Waals surface area contributed by atoms with Crippen LogP contribution < -0.4 is 5.32 Å². The number of nitrogens with one attached hydrogen (secondary N) is 1. The number of sulfone groups is 1. The number of amides is 1. The lowest BCUT2D eigenvalue weighted by atomic mass is 9.87. The van der Waals surface area contributed by atoms with Gasteiger partial charge in [0.05, 0.1) is 27.7 Å². The maximum absolute atomic E-state index is 13.0. The molecule has 2 aromatic rings. The second kappa shape index (κ2) is 8.87. The number of benzene rings is 1. The largest absolute Gasteiger partial charge is 0.411 e. The molecule has 154 valence electrons. The van der Waals surface area contributed by atoms with Crippen molar-refractivity contribution < 1.29 is 18.4 Å². The van der Waals surface area contributed by atoms with Gasteiger partial charge in [0.2, 0.25) is 5.91 Å². The second-order valence-electron chi connectivity index (χ2n) is 7.11. The van der Waals surface area contributed by atoms with Gasteiger partial charge in [0.25, 0.3) is 0 Å². The Bertz CT molecular complexity index is 1030. The van der Waals surface area contributed by atoms with E-state index in [0.29, 0.717) is 36.4 Å². The van der Waals surface area contributed by atoms with Crippen LogP contribution in [-0.2, 0) is 14.6 Å². The van der Waals surface area contributed by atoms with Crippen LogP contribution in [0.1, 0.15) is 37.2 Å². The van der Waals surface area contributed by atoms with Gasteiger partial charge >= 0.3 is 0 Å². The Hall–Kier alpha value is -2.52. The van der Waals surface area contributed by atoms with E-state index in [9.17, 15) is 13.2 Å². The molecule has 8 nitrogen and oxygen atoms in total. The molecule has 1 amide bonds. The van der Waals surface area contributed by atoms with E-state index in [2.05, 4.69) is 20.4 Å². The van der Waals surface area contributed by atoms with E-state index in [4.69, 9.17) is 16.8 Å². The van der Waals surface area contributed by atoms with Crippen LogP contribution in [0, 0.1) is 5.92 Å². The average Bonchev–Trinajstić information content (AvgIpc) is 3.13. The van der Waals surface area contributed by atoms with Gasteiger partial charge in [-0.3, -0.25) is 9.78 Å². The molecule has 1 fully saturated rings. The van der Waals surface area contributed by atoms with Gasteiger partial charge < -0.3 is 10.5 Å². The van der Waals surface area contributed by atoms with Crippen LogP contribution >= 0.6 is 11.6 Å². The average molecular weight is 437 g/mol. The van der Waals surface area contributed by atoms with E-state index in [1.54, 1.807) is 6.07 Å². The zero-order chi connectivity index (χ0) is 21.0. The monoisotopic (exact) mass is 436 g/mol. The fraction of sp³-hybridized carbons (Fsp3) is 0.368. The number of nitrogens with zero attached hydrogens (tertiary/aromatic N) is 3. The molecule has 2 unspecified atom stereocenters. The minimum absolute atomic E-state index is 0.0200. The Morgan fingerprint density at radius 1 is 1.41 bits per heavy atom. The zero-order valence-corrected chi connectivity index (χ0v) is 17.3. The van der Waals surface area contributed by atoms with E-state index >= 15 is 0 Å². The molecule has 2 atom stereocenters. The number of carbonyl (C=O) groups excluding carboxylic acids is 1. The molecule has 3 rings (SSSR count). The first kappa shape index (κ1) is 21.2. The van der Waals surface area contributed by atoms with Crippen molar-refractivity contribution in [3.63, 3.8) is 0 Å². The summed E-state index contributed by atoms with van der Waals surface area (Å²) < 4.78 is 23.7. The van der Waals surface area contributed by atoms with E-state index in [0.717, 1.165) is 12.7 Å². The standard InChI is InChI=1S/C19H21ClN4O4S/c1-29(27,28)17-5-3-13(10-16(17)20)15(9-12-2-4-14(8-12)24-26)19(25)23-18-11-21-6-7-22-18/h3,5-7,10-12,15,26H,2,4,8-9H2,1H3,(H,22,23,25)/b24-14-. The fourth-order valence-electron chi connectivity index (χ4n) is 3.54. The summed E-state index contributed by atoms with van der Waals surface area (Å²) in [5.74, 6) is -0.383. The first-order valence-electron chi connectivity index (χ1n) is 9.04. The lowest BCUT2D eigenvalue weighted by Crippen LogP contribution is -2.24. The number of hydrogen-bond donors (Lipinski definition) is 2. The summed E-state index contributed by atoms with van der Waals surface area (Å²) in [5, 5.41) is 15.1. The highest BCUT2D eigenvalue weighted by molar-refractivity contribution is 7.90. The van der Waals surface area contributed by atoms with Crippen LogP contribution in [0.4, 0.5) is 5.82 Å². The van der Waals surface area contributed by atoms with Gasteiger partial charge in [0.15, 0.2) is 15.7 Å². The van der Waals surface area contributed by atoms with Crippen LogP contribution in [0.25, 0.3) is 0 Å². The van der Waals surface area contributed by atoms with Gasteiger partial charge in [0.1, 0.15) is 0 Å². The Labute approximate surface area is 173 Å². The van der Waals surface area contributed by atoms with Crippen molar-refractivity contribution in [3.05, 3.63) is 47.4 Å². The molecule has 1 saturated carbocycles. The molecule has 0 bridgehead atoms.